The third-order valence-corrected chi connectivity index (χ3v) is 7.54. The Hall–Kier alpha value is -2.58. The summed E-state index contributed by atoms with van der Waals surface area (Å²) in [5.74, 6) is 1.14. The van der Waals surface area contributed by atoms with Crippen LogP contribution in [0.5, 0.6) is 11.5 Å². The van der Waals surface area contributed by atoms with Crippen LogP contribution in [0.3, 0.4) is 0 Å². The zero-order valence-electron chi connectivity index (χ0n) is 17.7. The van der Waals surface area contributed by atoms with E-state index in [4.69, 9.17) is 9.47 Å². The smallest absolute Gasteiger partial charge is 0.251 e. The molecule has 166 valence electrons. The lowest BCUT2D eigenvalue weighted by atomic mass is 10.1. The number of hydrogen-bond donors (Lipinski definition) is 1. The first kappa shape index (κ1) is 21.6. The maximum Gasteiger partial charge on any atom is 0.251 e. The molecular weight excluding hydrogens is 416 g/mol. The molecule has 1 fully saturated rings. The SMILES string of the molecule is CC(NC(=O)c1ccc(CS(=O)(=O)N2CCCCC2)cc1)c1ccc2c(c1)OCCO2. The monoisotopic (exact) mass is 444 g/mol. The molecule has 2 aromatic carbocycles. The second-order valence-electron chi connectivity index (χ2n) is 8.01. The molecular formula is C23H28N2O5S. The summed E-state index contributed by atoms with van der Waals surface area (Å²) in [6.07, 6.45) is 2.92. The molecule has 0 bridgehead atoms. The molecule has 1 N–H and O–H groups in total. The predicted molar refractivity (Wildman–Crippen MR) is 118 cm³/mol. The summed E-state index contributed by atoms with van der Waals surface area (Å²) in [7, 11) is -3.32. The molecule has 0 spiro atoms. The van der Waals surface area contributed by atoms with Crippen LogP contribution in [0.15, 0.2) is 42.5 Å². The van der Waals surface area contributed by atoms with Gasteiger partial charge in [0.25, 0.3) is 5.91 Å². The van der Waals surface area contributed by atoms with Crippen molar-refractivity contribution in [2.24, 2.45) is 0 Å². The highest BCUT2D eigenvalue weighted by molar-refractivity contribution is 7.88. The summed E-state index contributed by atoms with van der Waals surface area (Å²) < 4.78 is 37.9. The number of carbonyl (C=O) groups excluding carboxylic acids is 1. The second kappa shape index (κ2) is 9.28. The Labute approximate surface area is 183 Å². The molecule has 2 heterocycles. The zero-order chi connectivity index (χ0) is 21.8. The van der Waals surface area contributed by atoms with Crippen molar-refractivity contribution in [3.8, 4) is 11.5 Å². The number of sulfonamides is 1. The fraction of sp³-hybridized carbons (Fsp3) is 0.435. The molecule has 8 heteroatoms. The topological polar surface area (TPSA) is 84.9 Å². The Kier molecular flexibility index (Phi) is 6.48. The maximum absolute atomic E-state index is 12.7. The van der Waals surface area contributed by atoms with Crippen molar-refractivity contribution in [2.45, 2.75) is 38.0 Å². The summed E-state index contributed by atoms with van der Waals surface area (Å²) in [6, 6.07) is 12.2. The number of fused-ring (bicyclic) bond motifs is 1. The first-order chi connectivity index (χ1) is 14.9. The van der Waals surface area contributed by atoms with Crippen LogP contribution in [0.25, 0.3) is 0 Å². The van der Waals surface area contributed by atoms with Crippen molar-refractivity contribution < 1.29 is 22.7 Å². The molecule has 1 saturated heterocycles. The first-order valence-electron chi connectivity index (χ1n) is 10.7. The van der Waals surface area contributed by atoms with Gasteiger partial charge in [-0.3, -0.25) is 4.79 Å². The fourth-order valence-corrected chi connectivity index (χ4v) is 5.50. The van der Waals surface area contributed by atoms with E-state index >= 15 is 0 Å². The predicted octanol–water partition coefficient (Wildman–Crippen LogP) is 3.26. The Morgan fingerprint density at radius 3 is 2.39 bits per heavy atom. The van der Waals surface area contributed by atoms with E-state index in [1.807, 2.05) is 25.1 Å². The van der Waals surface area contributed by atoms with Gasteiger partial charge in [0, 0.05) is 18.7 Å². The minimum Gasteiger partial charge on any atom is -0.486 e. The number of nitrogens with zero attached hydrogens (tertiary/aromatic N) is 1. The minimum atomic E-state index is -3.32. The summed E-state index contributed by atoms with van der Waals surface area (Å²) >= 11 is 0. The Morgan fingerprint density at radius 2 is 1.68 bits per heavy atom. The summed E-state index contributed by atoms with van der Waals surface area (Å²) in [6.45, 7) is 4.15. The number of benzene rings is 2. The van der Waals surface area contributed by atoms with Crippen LogP contribution in [0.2, 0.25) is 0 Å². The molecule has 4 rings (SSSR count). The molecule has 0 aliphatic carbocycles. The van der Waals surface area contributed by atoms with Gasteiger partial charge in [-0.15, -0.1) is 0 Å². The Bertz CT molecular complexity index is 1030. The number of piperidine rings is 1. The van der Waals surface area contributed by atoms with Crippen molar-refractivity contribution in [3.05, 3.63) is 59.2 Å². The van der Waals surface area contributed by atoms with Crippen LogP contribution < -0.4 is 14.8 Å². The van der Waals surface area contributed by atoms with E-state index in [0.717, 1.165) is 24.8 Å². The number of rotatable bonds is 6. The summed E-state index contributed by atoms with van der Waals surface area (Å²) in [5.41, 5.74) is 2.09. The number of carbonyl (C=O) groups is 1. The van der Waals surface area contributed by atoms with Crippen molar-refractivity contribution in [1.82, 2.24) is 9.62 Å². The first-order valence-corrected chi connectivity index (χ1v) is 12.3. The molecule has 7 nitrogen and oxygen atoms in total. The normalized spacial score (nSPS) is 17.7. The number of ether oxygens (including phenoxy) is 2. The molecule has 0 saturated carbocycles. The van der Waals surface area contributed by atoms with Crippen molar-refractivity contribution in [3.63, 3.8) is 0 Å². The highest BCUT2D eigenvalue weighted by Crippen LogP contribution is 2.32. The quantitative estimate of drug-likeness (QED) is 0.739. The van der Waals surface area contributed by atoms with E-state index in [1.165, 1.54) is 0 Å². The van der Waals surface area contributed by atoms with Crippen LogP contribution in [-0.4, -0.2) is 44.9 Å². The van der Waals surface area contributed by atoms with E-state index in [0.29, 0.717) is 48.9 Å². The van der Waals surface area contributed by atoms with Crippen molar-refractivity contribution >= 4 is 15.9 Å². The third kappa shape index (κ3) is 5.19. The molecule has 1 unspecified atom stereocenters. The highest BCUT2D eigenvalue weighted by atomic mass is 32.2. The highest BCUT2D eigenvalue weighted by Gasteiger charge is 2.24. The third-order valence-electron chi connectivity index (χ3n) is 5.69. The fourth-order valence-electron chi connectivity index (χ4n) is 3.89. The van der Waals surface area contributed by atoms with Crippen molar-refractivity contribution in [2.75, 3.05) is 26.3 Å². The van der Waals surface area contributed by atoms with Gasteiger partial charge in [0.2, 0.25) is 10.0 Å². The van der Waals surface area contributed by atoms with E-state index in [-0.39, 0.29) is 17.7 Å². The van der Waals surface area contributed by atoms with Gasteiger partial charge in [-0.05, 0) is 55.2 Å². The summed E-state index contributed by atoms with van der Waals surface area (Å²) in [4.78, 5) is 12.7. The van der Waals surface area contributed by atoms with Crippen LogP contribution >= 0.6 is 0 Å². The molecule has 1 amide bonds. The number of hydrogen-bond acceptors (Lipinski definition) is 5. The average molecular weight is 445 g/mol. The van der Waals surface area contributed by atoms with Crippen LogP contribution in [-0.2, 0) is 15.8 Å². The lowest BCUT2D eigenvalue weighted by Crippen LogP contribution is -2.36. The lowest BCUT2D eigenvalue weighted by Gasteiger charge is -2.25. The van der Waals surface area contributed by atoms with Gasteiger partial charge in [0.15, 0.2) is 11.5 Å². The second-order valence-corrected chi connectivity index (χ2v) is 9.98. The zero-order valence-corrected chi connectivity index (χ0v) is 18.5. The van der Waals surface area contributed by atoms with Gasteiger partial charge in [-0.1, -0.05) is 24.6 Å². The van der Waals surface area contributed by atoms with Crippen LogP contribution in [0.1, 0.15) is 53.7 Å². The molecule has 2 aliphatic heterocycles. The molecule has 0 aromatic heterocycles. The number of nitrogens with one attached hydrogen (secondary N) is 1. The Morgan fingerprint density at radius 1 is 1.00 bits per heavy atom. The van der Waals surface area contributed by atoms with Gasteiger partial charge in [0.05, 0.1) is 11.8 Å². The molecule has 2 aromatic rings. The standard InChI is InChI=1S/C23H28N2O5S/c1-17(20-9-10-21-22(15-20)30-14-13-29-21)24-23(26)19-7-5-18(6-8-19)16-31(27,28)25-11-3-2-4-12-25/h5-10,15,17H,2-4,11-14,16H2,1H3,(H,24,26). The van der Waals surface area contributed by atoms with E-state index < -0.39 is 10.0 Å². The molecule has 0 radical (unpaired) electrons. The number of amides is 1. The van der Waals surface area contributed by atoms with Gasteiger partial charge < -0.3 is 14.8 Å². The molecule has 2 aliphatic rings. The molecule has 1 atom stereocenters. The van der Waals surface area contributed by atoms with Crippen LogP contribution in [0, 0.1) is 0 Å². The molecule has 31 heavy (non-hydrogen) atoms. The largest absolute Gasteiger partial charge is 0.486 e. The van der Waals surface area contributed by atoms with Crippen LogP contribution in [0.4, 0.5) is 0 Å². The summed E-state index contributed by atoms with van der Waals surface area (Å²) in [5, 5.41) is 2.98. The maximum atomic E-state index is 12.7. The van der Waals surface area contributed by atoms with E-state index in [1.54, 1.807) is 28.6 Å². The van der Waals surface area contributed by atoms with Gasteiger partial charge in [-0.2, -0.15) is 0 Å². The van der Waals surface area contributed by atoms with E-state index in [9.17, 15) is 13.2 Å². The van der Waals surface area contributed by atoms with E-state index in [2.05, 4.69) is 5.32 Å². The van der Waals surface area contributed by atoms with Crippen molar-refractivity contribution in [1.29, 1.82) is 0 Å². The van der Waals surface area contributed by atoms with Gasteiger partial charge in [-0.25, -0.2) is 12.7 Å². The lowest BCUT2D eigenvalue weighted by molar-refractivity contribution is 0.0939. The van der Waals surface area contributed by atoms with Gasteiger partial charge >= 0.3 is 0 Å². The van der Waals surface area contributed by atoms with Gasteiger partial charge in [0.1, 0.15) is 13.2 Å². The average Bonchev–Trinajstić information content (AvgIpc) is 2.79. The minimum absolute atomic E-state index is 0.0392. The Balaban J connectivity index is 1.38.